The molecule has 1 aromatic carbocycles. The van der Waals surface area contributed by atoms with E-state index in [1.165, 1.54) is 0 Å². The second-order valence-electron chi connectivity index (χ2n) is 4.82. The van der Waals surface area contributed by atoms with E-state index in [0.717, 1.165) is 36.1 Å². The van der Waals surface area contributed by atoms with E-state index in [1.807, 2.05) is 24.3 Å². The number of hydrogen-bond donors (Lipinski definition) is 2. The van der Waals surface area contributed by atoms with Crippen molar-refractivity contribution in [2.45, 2.75) is 19.3 Å². The highest BCUT2D eigenvalue weighted by molar-refractivity contribution is 5.95. The van der Waals surface area contributed by atoms with Crippen molar-refractivity contribution in [2.75, 3.05) is 7.11 Å². The van der Waals surface area contributed by atoms with Crippen LogP contribution in [0.1, 0.15) is 33.7 Å². The quantitative estimate of drug-likeness (QED) is 0.662. The summed E-state index contributed by atoms with van der Waals surface area (Å²) >= 11 is 0. The predicted octanol–water partition coefficient (Wildman–Crippen LogP) is 1.67. The minimum Gasteiger partial charge on any atom is -0.496 e. The molecular formula is C15H16N4O2. The molecule has 0 radical (unpaired) electrons. The van der Waals surface area contributed by atoms with Gasteiger partial charge in [0.05, 0.1) is 13.3 Å². The third kappa shape index (κ3) is 2.65. The van der Waals surface area contributed by atoms with Gasteiger partial charge in [-0.2, -0.15) is 10.2 Å². The van der Waals surface area contributed by atoms with Crippen LogP contribution in [0.3, 0.4) is 0 Å². The van der Waals surface area contributed by atoms with E-state index in [1.54, 1.807) is 13.3 Å². The molecular weight excluding hydrogens is 268 g/mol. The monoisotopic (exact) mass is 284 g/mol. The number of aromatic amines is 1. The number of hydrazone groups is 1. The van der Waals surface area contributed by atoms with Crippen LogP contribution >= 0.6 is 0 Å². The minimum atomic E-state index is -0.291. The van der Waals surface area contributed by atoms with Gasteiger partial charge in [-0.05, 0) is 31.4 Å². The van der Waals surface area contributed by atoms with Crippen molar-refractivity contribution in [1.29, 1.82) is 0 Å². The highest BCUT2D eigenvalue weighted by Gasteiger charge is 2.22. The zero-order chi connectivity index (χ0) is 14.7. The molecule has 0 spiro atoms. The molecule has 21 heavy (non-hydrogen) atoms. The van der Waals surface area contributed by atoms with Gasteiger partial charge in [0.2, 0.25) is 0 Å². The van der Waals surface area contributed by atoms with Gasteiger partial charge in [0.25, 0.3) is 5.91 Å². The topological polar surface area (TPSA) is 79.4 Å². The van der Waals surface area contributed by atoms with Crippen molar-refractivity contribution in [1.82, 2.24) is 15.6 Å². The van der Waals surface area contributed by atoms with Gasteiger partial charge in [0.1, 0.15) is 5.75 Å². The highest BCUT2D eigenvalue weighted by Crippen LogP contribution is 2.22. The number of benzene rings is 1. The molecule has 0 bridgehead atoms. The Morgan fingerprint density at radius 2 is 2.29 bits per heavy atom. The van der Waals surface area contributed by atoms with Crippen molar-refractivity contribution in [3.63, 3.8) is 0 Å². The number of para-hydroxylation sites is 1. The standard InChI is InChI=1S/C15H16N4O2/c1-21-13-8-3-2-5-10(13)9-16-19-15(20)14-11-6-4-7-12(11)17-18-14/h2-3,5,8-9H,4,6-7H2,1H3,(H,17,18)(H,19,20)/b16-9-. The number of nitrogens with zero attached hydrogens (tertiary/aromatic N) is 2. The van der Waals surface area contributed by atoms with Crippen molar-refractivity contribution in [2.24, 2.45) is 5.10 Å². The summed E-state index contributed by atoms with van der Waals surface area (Å²) in [4.78, 5) is 12.1. The van der Waals surface area contributed by atoms with Gasteiger partial charge in [0.15, 0.2) is 5.69 Å². The Hall–Kier alpha value is -2.63. The van der Waals surface area contributed by atoms with E-state index < -0.39 is 0 Å². The third-order valence-corrected chi connectivity index (χ3v) is 3.53. The van der Waals surface area contributed by atoms with Gasteiger partial charge in [-0.1, -0.05) is 12.1 Å². The van der Waals surface area contributed by atoms with Crippen molar-refractivity contribution in [3.05, 3.63) is 46.8 Å². The van der Waals surface area contributed by atoms with Gasteiger partial charge < -0.3 is 4.74 Å². The fourth-order valence-corrected chi connectivity index (χ4v) is 2.49. The Kier molecular flexibility index (Phi) is 3.68. The summed E-state index contributed by atoms with van der Waals surface area (Å²) in [5.74, 6) is 0.414. The number of methoxy groups -OCH3 is 1. The van der Waals surface area contributed by atoms with Gasteiger partial charge in [0, 0.05) is 16.8 Å². The maximum Gasteiger partial charge on any atom is 0.292 e. The van der Waals surface area contributed by atoms with Crippen LogP contribution in [0.2, 0.25) is 0 Å². The first-order valence-electron chi connectivity index (χ1n) is 6.82. The van der Waals surface area contributed by atoms with E-state index in [0.29, 0.717) is 11.4 Å². The fourth-order valence-electron chi connectivity index (χ4n) is 2.49. The minimum absolute atomic E-state index is 0.291. The molecule has 1 aromatic heterocycles. The molecule has 2 N–H and O–H groups in total. The molecule has 6 nitrogen and oxygen atoms in total. The van der Waals surface area contributed by atoms with Crippen LogP contribution in [0.5, 0.6) is 5.75 Å². The van der Waals surface area contributed by atoms with Crippen LogP contribution in [0.25, 0.3) is 0 Å². The molecule has 1 aliphatic rings. The molecule has 0 atom stereocenters. The summed E-state index contributed by atoms with van der Waals surface area (Å²) in [7, 11) is 1.60. The molecule has 0 unspecified atom stereocenters. The number of aromatic nitrogens is 2. The Morgan fingerprint density at radius 3 is 3.14 bits per heavy atom. The van der Waals surface area contributed by atoms with E-state index in [-0.39, 0.29) is 5.91 Å². The maximum atomic E-state index is 12.1. The lowest BCUT2D eigenvalue weighted by molar-refractivity contribution is 0.0949. The molecule has 0 saturated heterocycles. The summed E-state index contributed by atoms with van der Waals surface area (Å²) in [6.45, 7) is 0. The third-order valence-electron chi connectivity index (χ3n) is 3.53. The number of carbonyl (C=O) groups is 1. The first-order valence-corrected chi connectivity index (χ1v) is 6.82. The Balaban J connectivity index is 1.69. The number of H-pyrrole nitrogens is 1. The summed E-state index contributed by atoms with van der Waals surface area (Å²) in [5, 5.41) is 10.9. The van der Waals surface area contributed by atoms with Crippen LogP contribution in [-0.2, 0) is 12.8 Å². The maximum absolute atomic E-state index is 12.1. The molecule has 2 aromatic rings. The first-order chi connectivity index (χ1) is 10.3. The van der Waals surface area contributed by atoms with E-state index in [2.05, 4.69) is 20.7 Å². The largest absolute Gasteiger partial charge is 0.496 e. The number of nitrogens with one attached hydrogen (secondary N) is 2. The molecule has 108 valence electrons. The molecule has 0 saturated carbocycles. The van der Waals surface area contributed by atoms with E-state index in [4.69, 9.17) is 4.74 Å². The zero-order valence-electron chi connectivity index (χ0n) is 11.7. The van der Waals surface area contributed by atoms with Crippen molar-refractivity contribution < 1.29 is 9.53 Å². The average molecular weight is 284 g/mol. The van der Waals surface area contributed by atoms with Crippen LogP contribution < -0.4 is 10.2 Å². The van der Waals surface area contributed by atoms with Gasteiger partial charge in [-0.25, -0.2) is 5.43 Å². The SMILES string of the molecule is COc1ccccc1/C=N\NC(=O)c1n[nH]c2c1CCC2. The van der Waals surface area contributed by atoms with Crippen molar-refractivity contribution >= 4 is 12.1 Å². The lowest BCUT2D eigenvalue weighted by Crippen LogP contribution is -2.19. The number of ether oxygens (including phenoxy) is 1. The molecule has 6 heteroatoms. The lowest BCUT2D eigenvalue weighted by atomic mass is 10.2. The van der Waals surface area contributed by atoms with Crippen LogP contribution in [0, 0.1) is 0 Å². The number of fused-ring (bicyclic) bond motifs is 1. The Morgan fingerprint density at radius 1 is 1.43 bits per heavy atom. The number of aryl methyl sites for hydroxylation is 1. The van der Waals surface area contributed by atoms with Crippen LogP contribution in [-0.4, -0.2) is 29.4 Å². The Bertz CT molecular complexity index is 691. The van der Waals surface area contributed by atoms with Gasteiger partial charge in [-0.15, -0.1) is 0 Å². The van der Waals surface area contributed by atoms with Crippen LogP contribution in [0.4, 0.5) is 0 Å². The van der Waals surface area contributed by atoms with Crippen LogP contribution in [0.15, 0.2) is 29.4 Å². The molecule has 3 rings (SSSR count). The number of rotatable bonds is 4. The van der Waals surface area contributed by atoms with Gasteiger partial charge >= 0.3 is 0 Å². The Labute approximate surface area is 122 Å². The number of amides is 1. The van der Waals surface area contributed by atoms with Gasteiger partial charge in [-0.3, -0.25) is 9.89 Å². The van der Waals surface area contributed by atoms with E-state index in [9.17, 15) is 4.79 Å². The fraction of sp³-hybridized carbons (Fsp3) is 0.267. The molecule has 1 aliphatic carbocycles. The smallest absolute Gasteiger partial charge is 0.292 e. The molecule has 0 aliphatic heterocycles. The predicted molar refractivity (Wildman–Crippen MR) is 78.7 cm³/mol. The summed E-state index contributed by atoms with van der Waals surface area (Å²) in [6.07, 6.45) is 4.48. The number of hydrogen-bond acceptors (Lipinski definition) is 4. The number of carbonyl (C=O) groups excluding carboxylic acids is 1. The summed E-state index contributed by atoms with van der Waals surface area (Å²) < 4.78 is 5.21. The van der Waals surface area contributed by atoms with E-state index >= 15 is 0 Å². The summed E-state index contributed by atoms with van der Waals surface area (Å²) in [6, 6.07) is 7.46. The highest BCUT2D eigenvalue weighted by atomic mass is 16.5. The molecule has 0 fully saturated rings. The summed E-state index contributed by atoms with van der Waals surface area (Å²) in [5.41, 5.74) is 5.83. The second-order valence-corrected chi connectivity index (χ2v) is 4.82. The lowest BCUT2D eigenvalue weighted by Gasteiger charge is -2.03. The molecule has 1 amide bonds. The second kappa shape index (κ2) is 5.78. The normalized spacial score (nSPS) is 13.4. The first kappa shape index (κ1) is 13.4. The average Bonchev–Trinajstić information content (AvgIpc) is 3.10. The zero-order valence-corrected chi connectivity index (χ0v) is 11.7. The molecule has 1 heterocycles. The van der Waals surface area contributed by atoms with Crippen molar-refractivity contribution in [3.8, 4) is 5.75 Å².